The largest absolute Gasteiger partial charge is 0.493 e. The van der Waals surface area contributed by atoms with E-state index in [0.29, 0.717) is 28.3 Å². The van der Waals surface area contributed by atoms with Gasteiger partial charge in [0.05, 0.1) is 20.3 Å². The van der Waals surface area contributed by atoms with Crippen LogP contribution >= 0.6 is 0 Å². The minimum absolute atomic E-state index is 0.143. The molecule has 1 aliphatic heterocycles. The Hall–Kier alpha value is -3.28. The second-order valence-corrected chi connectivity index (χ2v) is 5.88. The van der Waals surface area contributed by atoms with E-state index in [1.165, 1.54) is 0 Å². The van der Waals surface area contributed by atoms with Crippen molar-refractivity contribution in [2.45, 2.75) is 13.0 Å². The molecule has 2 aromatic rings. The fourth-order valence-electron chi connectivity index (χ4n) is 3.02. The zero-order valence-corrected chi connectivity index (χ0v) is 14.8. The SMILES string of the molecule is COc1ccc(C2NC(=O)NC(C)=C2C(=O)c2ccccc2)cc1OC. The van der Waals surface area contributed by atoms with Crippen LogP contribution < -0.4 is 20.1 Å². The minimum atomic E-state index is -0.587. The Morgan fingerprint density at radius 2 is 1.69 bits per heavy atom. The number of carbonyl (C=O) groups is 2. The van der Waals surface area contributed by atoms with Gasteiger partial charge in [-0.15, -0.1) is 0 Å². The third-order valence-electron chi connectivity index (χ3n) is 4.29. The average molecular weight is 352 g/mol. The standard InChI is InChI=1S/C20H20N2O4/c1-12-17(19(23)13-7-5-4-6-8-13)18(22-20(24)21-12)14-9-10-15(25-2)16(11-14)26-3/h4-11,18H,1-3H3,(H2,21,22,24). The van der Waals surface area contributed by atoms with Crippen LogP contribution in [0.1, 0.15) is 28.9 Å². The number of methoxy groups -OCH3 is 2. The van der Waals surface area contributed by atoms with Crippen LogP contribution in [-0.2, 0) is 0 Å². The highest BCUT2D eigenvalue weighted by atomic mass is 16.5. The molecule has 1 aliphatic rings. The number of Topliss-reactive ketones (excluding diaryl/α,β-unsaturated/α-hetero) is 1. The summed E-state index contributed by atoms with van der Waals surface area (Å²) in [6, 6.07) is 13.4. The number of nitrogens with one attached hydrogen (secondary N) is 2. The number of ether oxygens (including phenoxy) is 2. The summed E-state index contributed by atoms with van der Waals surface area (Å²) in [7, 11) is 3.10. The zero-order chi connectivity index (χ0) is 18.7. The van der Waals surface area contributed by atoms with E-state index in [9.17, 15) is 9.59 Å². The highest BCUT2D eigenvalue weighted by Gasteiger charge is 2.32. The van der Waals surface area contributed by atoms with Gasteiger partial charge in [0.15, 0.2) is 17.3 Å². The molecule has 0 bridgehead atoms. The van der Waals surface area contributed by atoms with Gasteiger partial charge in [-0.3, -0.25) is 4.79 Å². The van der Waals surface area contributed by atoms with Gasteiger partial charge in [-0.1, -0.05) is 36.4 Å². The van der Waals surface area contributed by atoms with Crippen LogP contribution in [0.15, 0.2) is 59.8 Å². The van der Waals surface area contributed by atoms with Gasteiger partial charge in [0.25, 0.3) is 0 Å². The minimum Gasteiger partial charge on any atom is -0.493 e. The molecule has 1 unspecified atom stereocenters. The molecule has 1 atom stereocenters. The Balaban J connectivity index is 2.07. The molecule has 0 saturated carbocycles. The smallest absolute Gasteiger partial charge is 0.319 e. The van der Waals surface area contributed by atoms with Crippen molar-refractivity contribution in [3.63, 3.8) is 0 Å². The summed E-state index contributed by atoms with van der Waals surface area (Å²) in [5.41, 5.74) is 2.31. The van der Waals surface area contributed by atoms with Crippen LogP contribution in [0.3, 0.4) is 0 Å². The molecule has 0 fully saturated rings. The van der Waals surface area contributed by atoms with E-state index in [1.54, 1.807) is 45.4 Å². The maximum atomic E-state index is 13.1. The predicted molar refractivity (Wildman–Crippen MR) is 97.4 cm³/mol. The summed E-state index contributed by atoms with van der Waals surface area (Å²) < 4.78 is 10.6. The fourth-order valence-corrected chi connectivity index (χ4v) is 3.02. The van der Waals surface area contributed by atoms with Crippen LogP contribution in [0.2, 0.25) is 0 Å². The summed E-state index contributed by atoms with van der Waals surface area (Å²) in [5.74, 6) is 0.963. The molecule has 2 amide bonds. The monoisotopic (exact) mass is 352 g/mol. The van der Waals surface area contributed by atoms with E-state index in [-0.39, 0.29) is 11.8 Å². The molecule has 0 saturated heterocycles. The highest BCUT2D eigenvalue weighted by molar-refractivity contribution is 6.11. The maximum Gasteiger partial charge on any atom is 0.319 e. The van der Waals surface area contributed by atoms with E-state index in [1.807, 2.05) is 24.3 Å². The van der Waals surface area contributed by atoms with Gasteiger partial charge in [-0.2, -0.15) is 0 Å². The van der Waals surface area contributed by atoms with E-state index < -0.39 is 6.04 Å². The molecule has 26 heavy (non-hydrogen) atoms. The first-order chi connectivity index (χ1) is 12.5. The van der Waals surface area contributed by atoms with Crippen molar-refractivity contribution < 1.29 is 19.1 Å². The molecule has 2 aromatic carbocycles. The number of ketones is 1. The maximum absolute atomic E-state index is 13.1. The molecule has 3 rings (SSSR count). The molecular weight excluding hydrogens is 332 g/mol. The van der Waals surface area contributed by atoms with Gasteiger partial charge in [-0.25, -0.2) is 4.79 Å². The number of carbonyl (C=O) groups excluding carboxylic acids is 2. The highest BCUT2D eigenvalue weighted by Crippen LogP contribution is 2.35. The Bertz CT molecular complexity index is 875. The van der Waals surface area contributed by atoms with Crippen molar-refractivity contribution in [2.75, 3.05) is 14.2 Å². The van der Waals surface area contributed by atoms with Crippen molar-refractivity contribution in [1.82, 2.24) is 10.6 Å². The van der Waals surface area contributed by atoms with E-state index in [0.717, 1.165) is 5.56 Å². The van der Waals surface area contributed by atoms with Gasteiger partial charge in [0.1, 0.15) is 0 Å². The number of hydrogen-bond acceptors (Lipinski definition) is 4. The van der Waals surface area contributed by atoms with Crippen LogP contribution in [0.4, 0.5) is 4.79 Å². The van der Waals surface area contributed by atoms with Gasteiger partial charge in [0, 0.05) is 16.8 Å². The fraction of sp³-hybridized carbons (Fsp3) is 0.200. The number of urea groups is 1. The molecule has 1 heterocycles. The van der Waals surface area contributed by atoms with E-state index in [4.69, 9.17) is 9.47 Å². The van der Waals surface area contributed by atoms with Gasteiger partial charge in [-0.05, 0) is 24.6 Å². The number of rotatable bonds is 5. The second-order valence-electron chi connectivity index (χ2n) is 5.88. The molecule has 0 spiro atoms. The summed E-state index contributed by atoms with van der Waals surface area (Å²) in [6.45, 7) is 1.72. The lowest BCUT2D eigenvalue weighted by Crippen LogP contribution is -2.45. The average Bonchev–Trinajstić information content (AvgIpc) is 2.67. The molecular formula is C20H20N2O4. The Labute approximate surface area is 151 Å². The van der Waals surface area contributed by atoms with Crippen LogP contribution in [0.5, 0.6) is 11.5 Å². The lowest BCUT2D eigenvalue weighted by Gasteiger charge is -2.29. The summed E-state index contributed by atoms with van der Waals surface area (Å²) >= 11 is 0. The van der Waals surface area contributed by atoms with Crippen LogP contribution in [0, 0.1) is 0 Å². The molecule has 0 aromatic heterocycles. The van der Waals surface area contributed by atoms with Crippen molar-refractivity contribution in [2.24, 2.45) is 0 Å². The first-order valence-corrected chi connectivity index (χ1v) is 8.15. The molecule has 0 radical (unpaired) electrons. The number of benzene rings is 2. The Kier molecular flexibility index (Phi) is 4.93. The number of allylic oxidation sites excluding steroid dienone is 1. The number of amides is 2. The van der Waals surface area contributed by atoms with E-state index >= 15 is 0 Å². The lowest BCUT2D eigenvalue weighted by atomic mass is 9.89. The Morgan fingerprint density at radius 3 is 2.35 bits per heavy atom. The summed E-state index contributed by atoms with van der Waals surface area (Å²) in [5, 5.41) is 5.51. The van der Waals surface area contributed by atoms with Gasteiger partial charge < -0.3 is 20.1 Å². The van der Waals surface area contributed by atoms with Gasteiger partial charge >= 0.3 is 6.03 Å². The Morgan fingerprint density at radius 1 is 1.00 bits per heavy atom. The first-order valence-electron chi connectivity index (χ1n) is 8.15. The number of hydrogen-bond donors (Lipinski definition) is 2. The third-order valence-corrected chi connectivity index (χ3v) is 4.29. The zero-order valence-electron chi connectivity index (χ0n) is 14.8. The molecule has 2 N–H and O–H groups in total. The van der Waals surface area contributed by atoms with Gasteiger partial charge in [0.2, 0.25) is 0 Å². The van der Waals surface area contributed by atoms with Crippen molar-refractivity contribution >= 4 is 11.8 Å². The topological polar surface area (TPSA) is 76.7 Å². The third kappa shape index (κ3) is 3.26. The van der Waals surface area contributed by atoms with Crippen LogP contribution in [-0.4, -0.2) is 26.0 Å². The first kappa shape index (κ1) is 17.5. The molecule has 6 heteroatoms. The summed E-state index contributed by atoms with van der Waals surface area (Å²) in [6.07, 6.45) is 0. The molecule has 0 aliphatic carbocycles. The lowest BCUT2D eigenvalue weighted by molar-refractivity contribution is 0.102. The van der Waals surface area contributed by atoms with Crippen molar-refractivity contribution in [3.8, 4) is 11.5 Å². The molecule has 6 nitrogen and oxygen atoms in total. The van der Waals surface area contributed by atoms with E-state index in [2.05, 4.69) is 10.6 Å². The van der Waals surface area contributed by atoms with Crippen molar-refractivity contribution in [3.05, 3.63) is 70.9 Å². The quantitative estimate of drug-likeness (QED) is 0.810. The summed E-state index contributed by atoms with van der Waals surface area (Å²) in [4.78, 5) is 25.1. The predicted octanol–water partition coefficient (Wildman–Crippen LogP) is 3.21. The van der Waals surface area contributed by atoms with Crippen molar-refractivity contribution in [1.29, 1.82) is 0 Å². The van der Waals surface area contributed by atoms with Crippen LogP contribution in [0.25, 0.3) is 0 Å². The normalized spacial score (nSPS) is 16.6. The molecule has 134 valence electrons. The second kappa shape index (κ2) is 7.31.